The summed E-state index contributed by atoms with van der Waals surface area (Å²) in [4.78, 5) is 21.7. The second kappa shape index (κ2) is 5.47. The van der Waals surface area contributed by atoms with Crippen LogP contribution in [0.3, 0.4) is 0 Å². The van der Waals surface area contributed by atoms with Gasteiger partial charge >= 0.3 is 0 Å². The number of carbonyl (C=O) groups is 1. The molecule has 0 spiro atoms. The highest BCUT2D eigenvalue weighted by Crippen LogP contribution is 2.25. The van der Waals surface area contributed by atoms with Crippen LogP contribution in [0.5, 0.6) is 0 Å². The van der Waals surface area contributed by atoms with Crippen molar-refractivity contribution in [3.63, 3.8) is 0 Å². The van der Waals surface area contributed by atoms with E-state index < -0.39 is 0 Å². The van der Waals surface area contributed by atoms with Gasteiger partial charge in [0.05, 0.1) is 5.56 Å². The monoisotopic (exact) mass is 299 g/mol. The van der Waals surface area contributed by atoms with Crippen molar-refractivity contribution >= 4 is 39.0 Å². The van der Waals surface area contributed by atoms with Gasteiger partial charge in [-0.2, -0.15) is 0 Å². The third-order valence-electron chi connectivity index (χ3n) is 3.02. The molecule has 21 heavy (non-hydrogen) atoms. The molecule has 1 amide bonds. The van der Waals surface area contributed by atoms with Crippen LogP contribution in [0, 0.1) is 6.92 Å². The van der Waals surface area contributed by atoms with Gasteiger partial charge in [0.2, 0.25) is 0 Å². The van der Waals surface area contributed by atoms with E-state index in [1.54, 1.807) is 6.20 Å². The first-order valence-corrected chi connectivity index (χ1v) is 7.09. The minimum absolute atomic E-state index is 0.239. The molecule has 0 unspecified atom stereocenters. The third kappa shape index (κ3) is 2.56. The fourth-order valence-electron chi connectivity index (χ4n) is 2.07. The number of thiazole rings is 1. The Balaban J connectivity index is 2.02. The Morgan fingerprint density at radius 1 is 1.19 bits per heavy atom. The van der Waals surface area contributed by atoms with Crippen molar-refractivity contribution in [2.24, 2.45) is 5.84 Å². The van der Waals surface area contributed by atoms with Crippen LogP contribution in [-0.4, -0.2) is 15.9 Å². The van der Waals surface area contributed by atoms with Crippen LogP contribution in [0.15, 0.2) is 36.7 Å². The zero-order chi connectivity index (χ0) is 14.8. The predicted octanol–water partition coefficient (Wildman–Crippen LogP) is 2.54. The highest BCUT2D eigenvalue weighted by atomic mass is 32.1. The molecule has 0 fully saturated rings. The number of benzene rings is 1. The van der Waals surface area contributed by atoms with E-state index in [0.717, 1.165) is 15.6 Å². The van der Waals surface area contributed by atoms with E-state index >= 15 is 0 Å². The lowest BCUT2D eigenvalue weighted by atomic mass is 10.1. The second-order valence-electron chi connectivity index (χ2n) is 4.44. The van der Waals surface area contributed by atoms with Crippen LogP contribution < -0.4 is 16.6 Å². The highest BCUT2D eigenvalue weighted by molar-refractivity contribution is 7.15. The van der Waals surface area contributed by atoms with E-state index in [2.05, 4.69) is 20.7 Å². The van der Waals surface area contributed by atoms with Crippen molar-refractivity contribution in [3.05, 3.63) is 47.1 Å². The number of nitrogens with zero attached hydrogens (tertiary/aromatic N) is 2. The molecule has 0 aliphatic heterocycles. The summed E-state index contributed by atoms with van der Waals surface area (Å²) in [6.07, 6.45) is 3.23. The number of rotatable bonds is 3. The average molecular weight is 299 g/mol. The van der Waals surface area contributed by atoms with Crippen LogP contribution in [0.2, 0.25) is 0 Å². The molecule has 2 heterocycles. The van der Waals surface area contributed by atoms with Gasteiger partial charge in [-0.25, -0.2) is 15.8 Å². The van der Waals surface area contributed by atoms with Gasteiger partial charge in [-0.05, 0) is 12.3 Å². The Morgan fingerprint density at radius 2 is 1.95 bits per heavy atom. The van der Waals surface area contributed by atoms with Gasteiger partial charge in [-0.1, -0.05) is 24.3 Å². The zero-order valence-electron chi connectivity index (χ0n) is 11.3. The van der Waals surface area contributed by atoms with Gasteiger partial charge in [0.1, 0.15) is 5.82 Å². The van der Waals surface area contributed by atoms with Gasteiger partial charge in [-0.15, -0.1) is 11.3 Å². The molecule has 0 bridgehead atoms. The van der Waals surface area contributed by atoms with Crippen LogP contribution in [0.4, 0.5) is 10.9 Å². The van der Waals surface area contributed by atoms with Gasteiger partial charge in [-0.3, -0.25) is 10.1 Å². The van der Waals surface area contributed by atoms with Gasteiger partial charge < -0.3 is 5.43 Å². The molecule has 2 aromatic heterocycles. The Kier molecular flexibility index (Phi) is 3.51. The summed E-state index contributed by atoms with van der Waals surface area (Å²) < 4.78 is 0. The number of fused-ring (bicyclic) bond motifs is 1. The number of aromatic nitrogens is 2. The molecule has 0 aliphatic carbocycles. The Bertz CT molecular complexity index is 814. The molecular weight excluding hydrogens is 286 g/mol. The maximum Gasteiger partial charge on any atom is 0.259 e. The number of hydrazine groups is 1. The first kappa shape index (κ1) is 13.5. The summed E-state index contributed by atoms with van der Waals surface area (Å²) in [5, 5.41) is 4.94. The maximum atomic E-state index is 12.4. The van der Waals surface area contributed by atoms with Crippen LogP contribution in [-0.2, 0) is 0 Å². The van der Waals surface area contributed by atoms with Crippen LogP contribution in [0.1, 0.15) is 15.2 Å². The van der Waals surface area contributed by atoms with Crippen molar-refractivity contribution in [1.29, 1.82) is 0 Å². The number of nitrogens with one attached hydrogen (secondary N) is 2. The maximum absolute atomic E-state index is 12.4. The number of hydrogen-bond donors (Lipinski definition) is 3. The minimum atomic E-state index is -0.239. The minimum Gasteiger partial charge on any atom is -0.308 e. The predicted molar refractivity (Wildman–Crippen MR) is 84.4 cm³/mol. The summed E-state index contributed by atoms with van der Waals surface area (Å²) in [6, 6.07) is 7.46. The number of amides is 1. The molecule has 0 radical (unpaired) electrons. The van der Waals surface area contributed by atoms with E-state index in [4.69, 9.17) is 5.84 Å². The first-order valence-electron chi connectivity index (χ1n) is 6.27. The molecule has 4 N–H and O–H groups in total. The summed E-state index contributed by atoms with van der Waals surface area (Å²) in [5.41, 5.74) is 3.02. The number of nitrogens with two attached hydrogens (primary N) is 1. The van der Waals surface area contributed by atoms with Crippen molar-refractivity contribution < 1.29 is 4.79 Å². The van der Waals surface area contributed by atoms with Crippen molar-refractivity contribution in [2.45, 2.75) is 6.92 Å². The topological polar surface area (TPSA) is 92.9 Å². The molecule has 0 aliphatic rings. The smallest absolute Gasteiger partial charge is 0.259 e. The van der Waals surface area contributed by atoms with Crippen molar-refractivity contribution in [3.8, 4) is 0 Å². The lowest BCUT2D eigenvalue weighted by Crippen LogP contribution is -2.14. The number of nitrogen functional groups attached to an aromatic ring is 1. The van der Waals surface area contributed by atoms with E-state index in [0.29, 0.717) is 16.5 Å². The number of anilines is 2. The molecule has 0 atom stereocenters. The van der Waals surface area contributed by atoms with E-state index in [-0.39, 0.29) is 5.91 Å². The molecule has 0 saturated heterocycles. The highest BCUT2D eigenvalue weighted by Gasteiger charge is 2.14. The standard InChI is InChI=1S/C14H13N5OS/c1-8-6-17-14(21-8)18-13(20)11-7-16-12(19-15)10-5-3-2-4-9(10)11/h2-7H,15H2,1H3,(H,16,19)(H,17,18,20). The summed E-state index contributed by atoms with van der Waals surface area (Å²) in [7, 11) is 0. The Labute approximate surface area is 125 Å². The normalized spacial score (nSPS) is 10.6. The molecule has 6 nitrogen and oxygen atoms in total. The number of pyridine rings is 1. The molecule has 0 saturated carbocycles. The largest absolute Gasteiger partial charge is 0.308 e. The third-order valence-corrected chi connectivity index (χ3v) is 3.85. The van der Waals surface area contributed by atoms with Crippen molar-refractivity contribution in [2.75, 3.05) is 10.7 Å². The number of aryl methyl sites for hydroxylation is 1. The lowest BCUT2D eigenvalue weighted by Gasteiger charge is -2.09. The quantitative estimate of drug-likeness (QED) is 0.510. The lowest BCUT2D eigenvalue weighted by molar-refractivity contribution is 0.102. The molecule has 3 aromatic rings. The average Bonchev–Trinajstić information content (AvgIpc) is 2.91. The van der Waals surface area contributed by atoms with E-state index in [1.165, 1.54) is 17.5 Å². The van der Waals surface area contributed by atoms with Crippen molar-refractivity contribution in [1.82, 2.24) is 9.97 Å². The fraction of sp³-hybridized carbons (Fsp3) is 0.0714. The summed E-state index contributed by atoms with van der Waals surface area (Å²) in [5.74, 6) is 5.74. The zero-order valence-corrected chi connectivity index (χ0v) is 12.1. The number of carbonyl (C=O) groups excluding carboxylic acids is 1. The molecule has 7 heteroatoms. The Hall–Kier alpha value is -2.51. The van der Waals surface area contributed by atoms with E-state index in [9.17, 15) is 4.79 Å². The molecule has 3 rings (SSSR count). The molecular formula is C14H13N5OS. The second-order valence-corrected chi connectivity index (χ2v) is 5.68. The van der Waals surface area contributed by atoms with Gasteiger partial charge in [0.25, 0.3) is 5.91 Å². The van der Waals surface area contributed by atoms with Crippen LogP contribution >= 0.6 is 11.3 Å². The first-order chi connectivity index (χ1) is 10.2. The van der Waals surface area contributed by atoms with E-state index in [1.807, 2.05) is 31.2 Å². The van der Waals surface area contributed by atoms with Gasteiger partial charge in [0, 0.05) is 22.7 Å². The molecule has 1 aromatic carbocycles. The number of hydrogen-bond acceptors (Lipinski definition) is 6. The molecule has 106 valence electrons. The fourth-order valence-corrected chi connectivity index (χ4v) is 2.73. The summed E-state index contributed by atoms with van der Waals surface area (Å²) >= 11 is 1.43. The van der Waals surface area contributed by atoms with Crippen LogP contribution in [0.25, 0.3) is 10.8 Å². The SMILES string of the molecule is Cc1cnc(NC(=O)c2cnc(NN)c3ccccc23)s1. The summed E-state index contributed by atoms with van der Waals surface area (Å²) in [6.45, 7) is 1.94. The Morgan fingerprint density at radius 3 is 2.62 bits per heavy atom. The van der Waals surface area contributed by atoms with Gasteiger partial charge in [0.15, 0.2) is 5.13 Å².